The van der Waals surface area contributed by atoms with Crippen molar-refractivity contribution >= 4 is 15.7 Å². The first kappa shape index (κ1) is 25.1. The number of anilines is 1. The van der Waals surface area contributed by atoms with Gasteiger partial charge >= 0.3 is 0 Å². The molecule has 0 saturated carbocycles. The van der Waals surface area contributed by atoms with Crippen molar-refractivity contribution < 1.29 is 18.3 Å². The third-order valence-corrected chi connectivity index (χ3v) is 8.07. The van der Waals surface area contributed by atoms with E-state index in [-0.39, 0.29) is 17.2 Å². The van der Waals surface area contributed by atoms with E-state index in [0.29, 0.717) is 23.6 Å². The van der Waals surface area contributed by atoms with Gasteiger partial charge in [-0.25, -0.2) is 8.42 Å². The first-order valence-electron chi connectivity index (χ1n) is 12.3. The molecular formula is C28H34N2O4S. The van der Waals surface area contributed by atoms with E-state index in [1.165, 1.54) is 17.1 Å². The van der Waals surface area contributed by atoms with E-state index in [2.05, 4.69) is 11.8 Å². The van der Waals surface area contributed by atoms with Gasteiger partial charge in [-0.05, 0) is 92.0 Å². The van der Waals surface area contributed by atoms with E-state index in [4.69, 9.17) is 4.74 Å². The van der Waals surface area contributed by atoms with Gasteiger partial charge < -0.3 is 9.84 Å². The third-order valence-electron chi connectivity index (χ3n) is 6.29. The minimum absolute atomic E-state index is 0.0998. The van der Waals surface area contributed by atoms with Gasteiger partial charge in [0.05, 0.1) is 17.1 Å². The predicted molar refractivity (Wildman–Crippen MR) is 140 cm³/mol. The second-order valence-corrected chi connectivity index (χ2v) is 10.8. The Kier molecular flexibility index (Phi) is 8.31. The summed E-state index contributed by atoms with van der Waals surface area (Å²) in [5.74, 6) is 0.817. The Hall–Kier alpha value is -3.03. The van der Waals surface area contributed by atoms with Crippen molar-refractivity contribution in [3.05, 3.63) is 83.9 Å². The SMILES string of the molecule is CCCc1ccc(S(=O)(=O)N(Cc2cccc(O)c2)c2ccc(OCCN3CCCC3)cc2)cc1. The van der Waals surface area contributed by atoms with Crippen molar-refractivity contribution in [3.8, 4) is 11.5 Å². The van der Waals surface area contributed by atoms with E-state index in [9.17, 15) is 13.5 Å². The summed E-state index contributed by atoms with van der Waals surface area (Å²) in [6.07, 6.45) is 4.41. The zero-order valence-corrected chi connectivity index (χ0v) is 21.1. The molecule has 0 aliphatic carbocycles. The van der Waals surface area contributed by atoms with Crippen LogP contribution in [-0.2, 0) is 23.0 Å². The van der Waals surface area contributed by atoms with E-state index in [0.717, 1.165) is 38.0 Å². The van der Waals surface area contributed by atoms with Crippen LogP contribution in [0.25, 0.3) is 0 Å². The van der Waals surface area contributed by atoms with Gasteiger partial charge in [0, 0.05) is 6.54 Å². The number of hydrogen-bond acceptors (Lipinski definition) is 5. The Balaban J connectivity index is 1.56. The number of rotatable bonds is 11. The van der Waals surface area contributed by atoms with Gasteiger partial charge in [-0.3, -0.25) is 9.21 Å². The molecule has 7 heteroatoms. The fourth-order valence-electron chi connectivity index (χ4n) is 4.39. The number of nitrogens with zero attached hydrogens (tertiary/aromatic N) is 2. The highest BCUT2D eigenvalue weighted by Crippen LogP contribution is 2.29. The van der Waals surface area contributed by atoms with Crippen LogP contribution in [0.3, 0.4) is 0 Å². The Bertz CT molecular complexity index is 1190. The van der Waals surface area contributed by atoms with E-state index < -0.39 is 10.0 Å². The van der Waals surface area contributed by atoms with Crippen LogP contribution in [0.15, 0.2) is 77.7 Å². The quantitative estimate of drug-likeness (QED) is 0.396. The molecule has 0 amide bonds. The van der Waals surface area contributed by atoms with Gasteiger partial charge in [0.25, 0.3) is 10.0 Å². The van der Waals surface area contributed by atoms with Gasteiger partial charge in [-0.2, -0.15) is 0 Å². The van der Waals surface area contributed by atoms with E-state index in [1.807, 2.05) is 30.3 Å². The summed E-state index contributed by atoms with van der Waals surface area (Å²) in [7, 11) is -3.83. The van der Waals surface area contributed by atoms with Crippen LogP contribution in [0.5, 0.6) is 11.5 Å². The third kappa shape index (κ3) is 6.55. The van der Waals surface area contributed by atoms with Crippen LogP contribution in [0.1, 0.15) is 37.3 Å². The molecule has 0 radical (unpaired) electrons. The molecule has 4 rings (SSSR count). The summed E-state index contributed by atoms with van der Waals surface area (Å²) in [4.78, 5) is 2.63. The number of aromatic hydroxyl groups is 1. The van der Waals surface area contributed by atoms with Crippen molar-refractivity contribution in [2.24, 2.45) is 0 Å². The zero-order valence-electron chi connectivity index (χ0n) is 20.3. The number of phenolic OH excluding ortho intramolecular Hbond substituents is 1. The average molecular weight is 495 g/mol. The summed E-state index contributed by atoms with van der Waals surface area (Å²) in [5, 5.41) is 9.91. The van der Waals surface area contributed by atoms with Gasteiger partial charge in [0.2, 0.25) is 0 Å². The van der Waals surface area contributed by atoms with Crippen LogP contribution in [0.2, 0.25) is 0 Å². The summed E-state index contributed by atoms with van der Waals surface area (Å²) in [6, 6.07) is 21.0. The maximum Gasteiger partial charge on any atom is 0.264 e. The smallest absolute Gasteiger partial charge is 0.264 e. The van der Waals surface area contributed by atoms with Crippen molar-refractivity contribution in [1.29, 1.82) is 0 Å². The Morgan fingerprint density at radius 1 is 0.943 bits per heavy atom. The molecule has 0 spiro atoms. The van der Waals surface area contributed by atoms with Gasteiger partial charge in [0.15, 0.2) is 0 Å². The highest BCUT2D eigenvalue weighted by Gasteiger charge is 2.25. The molecule has 6 nitrogen and oxygen atoms in total. The Morgan fingerprint density at radius 3 is 2.31 bits per heavy atom. The standard InChI is InChI=1S/C28H34N2O4S/c1-2-6-23-9-15-28(16-10-23)35(32,33)30(22-24-7-5-8-26(31)21-24)25-11-13-27(14-12-25)34-20-19-29-17-3-4-18-29/h5,7-16,21,31H,2-4,6,17-20,22H2,1H3. The lowest BCUT2D eigenvalue weighted by Gasteiger charge is -2.25. The molecule has 0 unspecified atom stereocenters. The largest absolute Gasteiger partial charge is 0.508 e. The predicted octanol–water partition coefficient (Wildman–Crippen LogP) is 5.21. The number of sulfonamides is 1. The van der Waals surface area contributed by atoms with Crippen LogP contribution in [0.4, 0.5) is 5.69 Å². The van der Waals surface area contributed by atoms with E-state index in [1.54, 1.807) is 42.5 Å². The van der Waals surface area contributed by atoms with Crippen LogP contribution in [-0.4, -0.2) is 44.7 Å². The number of ether oxygens (including phenoxy) is 1. The van der Waals surface area contributed by atoms with Crippen molar-refractivity contribution in [2.45, 2.75) is 44.0 Å². The highest BCUT2D eigenvalue weighted by molar-refractivity contribution is 7.92. The van der Waals surface area contributed by atoms with Gasteiger partial charge in [0.1, 0.15) is 18.1 Å². The summed E-state index contributed by atoms with van der Waals surface area (Å²) < 4.78 is 34.7. The molecule has 1 heterocycles. The average Bonchev–Trinajstić information content (AvgIpc) is 3.37. The van der Waals surface area contributed by atoms with Gasteiger partial charge in [-0.15, -0.1) is 0 Å². The molecule has 1 fully saturated rings. The molecule has 0 atom stereocenters. The van der Waals surface area contributed by atoms with Crippen molar-refractivity contribution in [3.63, 3.8) is 0 Å². The van der Waals surface area contributed by atoms with Crippen molar-refractivity contribution in [1.82, 2.24) is 4.90 Å². The fourth-order valence-corrected chi connectivity index (χ4v) is 5.84. The lowest BCUT2D eigenvalue weighted by Crippen LogP contribution is -2.30. The molecule has 3 aromatic rings. The molecule has 1 N–H and O–H groups in total. The number of aryl methyl sites for hydroxylation is 1. The summed E-state index contributed by atoms with van der Waals surface area (Å²) >= 11 is 0. The second-order valence-electron chi connectivity index (χ2n) is 8.97. The number of phenols is 1. The molecule has 0 bridgehead atoms. The van der Waals surface area contributed by atoms with Crippen LogP contribution in [0, 0.1) is 0 Å². The molecule has 1 aliphatic heterocycles. The molecule has 1 saturated heterocycles. The molecule has 1 aliphatic rings. The van der Waals surface area contributed by atoms with Crippen molar-refractivity contribution in [2.75, 3.05) is 30.5 Å². The first-order chi connectivity index (χ1) is 17.0. The number of benzene rings is 3. The van der Waals surface area contributed by atoms with Crippen LogP contribution >= 0.6 is 0 Å². The number of hydrogen-bond donors (Lipinski definition) is 1. The lowest BCUT2D eigenvalue weighted by molar-refractivity contribution is 0.238. The molecule has 186 valence electrons. The second kappa shape index (κ2) is 11.6. The molecular weight excluding hydrogens is 460 g/mol. The number of likely N-dealkylation sites (tertiary alicyclic amines) is 1. The minimum Gasteiger partial charge on any atom is -0.508 e. The first-order valence-corrected chi connectivity index (χ1v) is 13.7. The van der Waals surface area contributed by atoms with Crippen LogP contribution < -0.4 is 9.04 Å². The monoisotopic (exact) mass is 494 g/mol. The van der Waals surface area contributed by atoms with Gasteiger partial charge in [-0.1, -0.05) is 37.6 Å². The topological polar surface area (TPSA) is 70.1 Å². The summed E-state index contributed by atoms with van der Waals surface area (Å²) in [5.41, 5.74) is 2.35. The maximum atomic E-state index is 13.7. The van der Waals surface area contributed by atoms with E-state index >= 15 is 0 Å². The normalized spacial score (nSPS) is 14.2. The molecule has 0 aromatic heterocycles. The Morgan fingerprint density at radius 2 is 1.66 bits per heavy atom. The molecule has 3 aromatic carbocycles. The maximum absolute atomic E-state index is 13.7. The lowest BCUT2D eigenvalue weighted by atomic mass is 10.1. The highest BCUT2D eigenvalue weighted by atomic mass is 32.2. The Labute approximate surface area is 208 Å². The zero-order chi connectivity index (χ0) is 24.7. The fraction of sp³-hybridized carbons (Fsp3) is 0.357. The summed E-state index contributed by atoms with van der Waals surface area (Å²) in [6.45, 7) is 5.96. The minimum atomic E-state index is -3.83. The molecule has 35 heavy (non-hydrogen) atoms.